The summed E-state index contributed by atoms with van der Waals surface area (Å²) in [6.07, 6.45) is 3.28. The zero-order valence-electron chi connectivity index (χ0n) is 13.5. The molecule has 2 N–H and O–H groups in total. The van der Waals surface area contributed by atoms with Crippen molar-refractivity contribution in [3.8, 4) is 11.8 Å². The van der Waals surface area contributed by atoms with Crippen LogP contribution >= 0.6 is 11.3 Å². The Balaban J connectivity index is 1.48. The molecule has 1 aliphatic heterocycles. The average Bonchev–Trinajstić information content (AvgIpc) is 3.29. The van der Waals surface area contributed by atoms with Crippen molar-refractivity contribution in [2.45, 2.75) is 0 Å². The van der Waals surface area contributed by atoms with Gasteiger partial charge in [-0.1, -0.05) is 17.9 Å². The smallest absolute Gasteiger partial charge is 0.321 e. The number of nitrogens with one attached hydrogen (secondary N) is 2. The van der Waals surface area contributed by atoms with Crippen molar-refractivity contribution in [2.75, 3.05) is 24.5 Å². The predicted molar refractivity (Wildman–Crippen MR) is 100 cm³/mol. The first-order valence-corrected chi connectivity index (χ1v) is 8.74. The van der Waals surface area contributed by atoms with Crippen LogP contribution in [0.15, 0.2) is 47.9 Å². The van der Waals surface area contributed by atoms with E-state index < -0.39 is 0 Å². The van der Waals surface area contributed by atoms with E-state index in [2.05, 4.69) is 22.5 Å². The molecule has 1 aliphatic rings. The Labute approximate surface area is 150 Å². The van der Waals surface area contributed by atoms with E-state index in [-0.39, 0.29) is 18.5 Å². The topological polar surface area (TPSA) is 61.4 Å². The van der Waals surface area contributed by atoms with Gasteiger partial charge in [-0.25, -0.2) is 4.79 Å². The highest BCUT2D eigenvalue weighted by Gasteiger charge is 2.20. The second kappa shape index (κ2) is 8.18. The van der Waals surface area contributed by atoms with Crippen LogP contribution in [0.25, 0.3) is 6.08 Å². The SMILES string of the molecule is O=C(/C=C/c1cccs1)NCC#Cc1ccc(N2CCNC2=O)cc1. The van der Waals surface area contributed by atoms with E-state index >= 15 is 0 Å². The number of hydrogen-bond acceptors (Lipinski definition) is 3. The molecule has 1 aromatic carbocycles. The molecule has 0 aliphatic carbocycles. The predicted octanol–water partition coefficient (Wildman–Crippen LogP) is 2.46. The van der Waals surface area contributed by atoms with E-state index in [9.17, 15) is 9.59 Å². The quantitative estimate of drug-likeness (QED) is 0.657. The highest BCUT2D eigenvalue weighted by atomic mass is 32.1. The first-order valence-electron chi connectivity index (χ1n) is 7.86. The van der Waals surface area contributed by atoms with E-state index in [1.807, 2.05) is 41.8 Å². The molecule has 1 fully saturated rings. The zero-order chi connectivity index (χ0) is 17.5. The zero-order valence-corrected chi connectivity index (χ0v) is 14.3. The molecule has 0 radical (unpaired) electrons. The third kappa shape index (κ3) is 4.72. The molecule has 0 spiro atoms. The maximum Gasteiger partial charge on any atom is 0.321 e. The Morgan fingerprint density at radius 1 is 1.32 bits per heavy atom. The fourth-order valence-corrected chi connectivity index (χ4v) is 2.94. The number of hydrogen-bond donors (Lipinski definition) is 2. The van der Waals surface area contributed by atoms with Gasteiger partial charge in [0.1, 0.15) is 0 Å². The van der Waals surface area contributed by atoms with Crippen molar-refractivity contribution in [1.82, 2.24) is 10.6 Å². The van der Waals surface area contributed by atoms with Gasteiger partial charge in [0.15, 0.2) is 0 Å². The Morgan fingerprint density at radius 3 is 2.84 bits per heavy atom. The highest BCUT2D eigenvalue weighted by molar-refractivity contribution is 7.10. The van der Waals surface area contributed by atoms with Gasteiger partial charge in [-0.2, -0.15) is 0 Å². The number of nitrogens with zero attached hydrogens (tertiary/aromatic N) is 1. The van der Waals surface area contributed by atoms with Crippen LogP contribution in [0, 0.1) is 11.8 Å². The monoisotopic (exact) mass is 351 g/mol. The molecule has 126 valence electrons. The highest BCUT2D eigenvalue weighted by Crippen LogP contribution is 2.16. The summed E-state index contributed by atoms with van der Waals surface area (Å²) in [7, 11) is 0. The number of thiophene rings is 1. The maximum absolute atomic E-state index is 11.7. The number of carbonyl (C=O) groups is 2. The molecule has 0 bridgehead atoms. The molecule has 2 aromatic rings. The summed E-state index contributed by atoms with van der Waals surface area (Å²) in [5, 5.41) is 7.45. The molecule has 3 amide bonds. The minimum atomic E-state index is -0.168. The van der Waals surface area contributed by atoms with Crippen LogP contribution in [-0.2, 0) is 4.79 Å². The van der Waals surface area contributed by atoms with Crippen molar-refractivity contribution in [2.24, 2.45) is 0 Å². The largest absolute Gasteiger partial charge is 0.342 e. The maximum atomic E-state index is 11.7. The second-order valence-corrected chi connectivity index (χ2v) is 6.28. The Hall–Kier alpha value is -3.04. The van der Waals surface area contributed by atoms with E-state index in [1.165, 1.54) is 6.08 Å². The van der Waals surface area contributed by atoms with Crippen LogP contribution in [0.1, 0.15) is 10.4 Å². The normalized spacial score (nSPS) is 13.4. The van der Waals surface area contributed by atoms with Crippen LogP contribution in [0.3, 0.4) is 0 Å². The summed E-state index contributed by atoms with van der Waals surface area (Å²) in [5.74, 6) is 5.74. The first-order chi connectivity index (χ1) is 12.2. The molecule has 5 nitrogen and oxygen atoms in total. The lowest BCUT2D eigenvalue weighted by Gasteiger charge is -2.13. The lowest BCUT2D eigenvalue weighted by atomic mass is 10.2. The van der Waals surface area contributed by atoms with Crippen LogP contribution in [0.5, 0.6) is 0 Å². The summed E-state index contributed by atoms with van der Waals surface area (Å²) in [5.41, 5.74) is 1.69. The summed E-state index contributed by atoms with van der Waals surface area (Å²) in [4.78, 5) is 26.0. The Kier molecular flexibility index (Phi) is 5.50. The van der Waals surface area contributed by atoms with Gasteiger partial charge in [-0.15, -0.1) is 11.3 Å². The summed E-state index contributed by atoms with van der Waals surface area (Å²) in [6, 6.07) is 11.3. The molecule has 0 unspecified atom stereocenters. The molecule has 0 atom stereocenters. The minimum Gasteiger partial charge on any atom is -0.342 e. The molecule has 1 aromatic heterocycles. The third-order valence-corrected chi connectivity index (χ3v) is 4.40. The summed E-state index contributed by atoms with van der Waals surface area (Å²) < 4.78 is 0. The van der Waals surface area contributed by atoms with Crippen molar-refractivity contribution >= 4 is 35.0 Å². The molecular formula is C19H17N3O2S. The number of rotatable bonds is 4. The van der Waals surface area contributed by atoms with E-state index in [0.717, 1.165) is 16.1 Å². The lowest BCUT2D eigenvalue weighted by Crippen LogP contribution is -2.27. The summed E-state index contributed by atoms with van der Waals surface area (Å²) in [6.45, 7) is 1.62. The standard InChI is InChI=1S/C19H17N3O2S/c23-18(10-9-17-4-2-14-25-17)20-11-1-3-15-5-7-16(8-6-15)22-13-12-21-19(22)24/h2,4-10,14H,11-13H2,(H,20,23)(H,21,24)/b10-9+. The molecule has 3 rings (SSSR count). The van der Waals surface area contributed by atoms with Crippen LogP contribution in [0.4, 0.5) is 10.5 Å². The fraction of sp³-hybridized carbons (Fsp3) is 0.158. The van der Waals surface area contributed by atoms with E-state index in [0.29, 0.717) is 13.1 Å². The van der Waals surface area contributed by atoms with Gasteiger partial charge in [0, 0.05) is 35.3 Å². The first kappa shape index (κ1) is 16.8. The summed E-state index contributed by atoms with van der Waals surface area (Å²) >= 11 is 1.58. The van der Waals surface area contributed by atoms with Crippen LogP contribution in [-0.4, -0.2) is 31.6 Å². The molecular weight excluding hydrogens is 334 g/mol. The van der Waals surface area contributed by atoms with Gasteiger partial charge < -0.3 is 10.6 Å². The van der Waals surface area contributed by atoms with Crippen molar-refractivity contribution in [3.63, 3.8) is 0 Å². The molecule has 6 heteroatoms. The van der Waals surface area contributed by atoms with Gasteiger partial charge in [0.25, 0.3) is 0 Å². The van der Waals surface area contributed by atoms with Crippen molar-refractivity contribution < 1.29 is 9.59 Å². The van der Waals surface area contributed by atoms with Crippen LogP contribution < -0.4 is 15.5 Å². The van der Waals surface area contributed by atoms with Crippen molar-refractivity contribution in [1.29, 1.82) is 0 Å². The van der Waals surface area contributed by atoms with Gasteiger partial charge in [-0.05, 0) is 41.8 Å². The number of carbonyl (C=O) groups excluding carboxylic acids is 2. The van der Waals surface area contributed by atoms with E-state index in [4.69, 9.17) is 0 Å². The average molecular weight is 351 g/mol. The Morgan fingerprint density at radius 2 is 2.16 bits per heavy atom. The number of urea groups is 1. The van der Waals surface area contributed by atoms with Gasteiger partial charge in [0.05, 0.1) is 6.54 Å². The van der Waals surface area contributed by atoms with E-state index in [1.54, 1.807) is 22.3 Å². The second-order valence-electron chi connectivity index (χ2n) is 5.30. The number of anilines is 1. The lowest BCUT2D eigenvalue weighted by molar-refractivity contribution is -0.116. The van der Waals surface area contributed by atoms with Crippen molar-refractivity contribution in [3.05, 3.63) is 58.3 Å². The molecule has 1 saturated heterocycles. The third-order valence-electron chi connectivity index (χ3n) is 3.56. The minimum absolute atomic E-state index is 0.0721. The van der Waals surface area contributed by atoms with Gasteiger partial charge >= 0.3 is 6.03 Å². The van der Waals surface area contributed by atoms with Crippen LogP contribution in [0.2, 0.25) is 0 Å². The number of benzene rings is 1. The molecule has 0 saturated carbocycles. The Bertz CT molecular complexity index is 830. The van der Waals surface area contributed by atoms with Gasteiger partial charge in [-0.3, -0.25) is 9.69 Å². The van der Waals surface area contributed by atoms with Gasteiger partial charge in [0.2, 0.25) is 5.91 Å². The molecule has 25 heavy (non-hydrogen) atoms. The fourth-order valence-electron chi connectivity index (χ4n) is 2.32. The number of amides is 3. The molecule has 2 heterocycles.